The molecule has 2 unspecified atom stereocenters. The van der Waals surface area contributed by atoms with Crippen LogP contribution >= 0.6 is 0 Å². The third-order valence-corrected chi connectivity index (χ3v) is 4.57. The maximum atomic E-state index is 12.7. The van der Waals surface area contributed by atoms with Gasteiger partial charge in [-0.3, -0.25) is 4.79 Å². The van der Waals surface area contributed by atoms with Crippen molar-refractivity contribution >= 4 is 12.0 Å². The average Bonchev–Trinajstić information content (AvgIpc) is 2.86. The topological polar surface area (TPSA) is 60.9 Å². The van der Waals surface area contributed by atoms with E-state index in [1.54, 1.807) is 0 Å². The highest BCUT2D eigenvalue weighted by Gasteiger charge is 2.35. The van der Waals surface area contributed by atoms with Crippen molar-refractivity contribution < 1.29 is 14.7 Å². The summed E-state index contributed by atoms with van der Waals surface area (Å²) in [7, 11) is 0. The van der Waals surface area contributed by atoms with Gasteiger partial charge in [0.25, 0.3) is 0 Å². The summed E-state index contributed by atoms with van der Waals surface area (Å²) < 4.78 is 0. The first-order chi connectivity index (χ1) is 9.49. The van der Waals surface area contributed by atoms with Gasteiger partial charge in [-0.1, -0.05) is 13.8 Å². The van der Waals surface area contributed by atoms with Crippen molar-refractivity contribution in [2.24, 2.45) is 11.8 Å². The number of carboxylic acids is 1. The van der Waals surface area contributed by atoms with E-state index in [0.717, 1.165) is 38.8 Å². The number of piperidine rings is 1. The lowest BCUT2D eigenvalue weighted by Gasteiger charge is -2.37. The predicted molar refractivity (Wildman–Crippen MR) is 76.5 cm³/mol. The lowest BCUT2D eigenvalue weighted by atomic mass is 9.95. The molecule has 5 nitrogen and oxygen atoms in total. The van der Waals surface area contributed by atoms with Crippen LogP contribution < -0.4 is 0 Å². The second kappa shape index (κ2) is 6.46. The van der Waals surface area contributed by atoms with Gasteiger partial charge in [0.2, 0.25) is 0 Å². The van der Waals surface area contributed by atoms with Crippen LogP contribution in [0.5, 0.6) is 0 Å². The Morgan fingerprint density at radius 3 is 2.55 bits per heavy atom. The number of nitrogens with zero attached hydrogens (tertiary/aromatic N) is 2. The van der Waals surface area contributed by atoms with Gasteiger partial charge in [0.1, 0.15) is 0 Å². The number of carbonyl (C=O) groups excluding carboxylic acids is 1. The Morgan fingerprint density at radius 2 is 1.90 bits per heavy atom. The molecule has 0 aromatic carbocycles. The van der Waals surface area contributed by atoms with Crippen LogP contribution in [0.15, 0.2) is 0 Å². The summed E-state index contributed by atoms with van der Waals surface area (Å²) in [6.45, 7) is 6.56. The van der Waals surface area contributed by atoms with E-state index >= 15 is 0 Å². The van der Waals surface area contributed by atoms with Gasteiger partial charge < -0.3 is 14.9 Å². The number of urea groups is 1. The Kier molecular flexibility index (Phi) is 4.89. The number of amides is 2. The number of carboxylic acid groups (broad SMARTS) is 1. The summed E-state index contributed by atoms with van der Waals surface area (Å²) in [5.41, 5.74) is 0. The maximum absolute atomic E-state index is 12.7. The van der Waals surface area contributed by atoms with E-state index in [4.69, 9.17) is 5.11 Å². The molecule has 2 atom stereocenters. The van der Waals surface area contributed by atoms with Crippen LogP contribution in [0.1, 0.15) is 46.0 Å². The molecular weight excluding hydrogens is 256 g/mol. The maximum Gasteiger partial charge on any atom is 0.320 e. The molecule has 0 bridgehead atoms. The fourth-order valence-corrected chi connectivity index (χ4v) is 3.56. The molecule has 2 fully saturated rings. The molecule has 2 rings (SSSR count). The standard InChI is InChI=1S/C15H26N2O3/c1-11(2)13-6-4-8-17(13)15(20)16-7-3-5-12(10-16)9-14(18)19/h11-13H,3-10H2,1-2H3,(H,18,19). The highest BCUT2D eigenvalue weighted by atomic mass is 16.4. The number of likely N-dealkylation sites (tertiary alicyclic amines) is 2. The Hall–Kier alpha value is -1.26. The molecule has 0 radical (unpaired) electrons. The summed E-state index contributed by atoms with van der Waals surface area (Å²) in [5, 5.41) is 8.90. The third-order valence-electron chi connectivity index (χ3n) is 4.57. The van der Waals surface area contributed by atoms with Gasteiger partial charge in [-0.25, -0.2) is 4.79 Å². The molecule has 0 aromatic heterocycles. The molecule has 20 heavy (non-hydrogen) atoms. The summed E-state index contributed by atoms with van der Waals surface area (Å²) >= 11 is 0. The number of aliphatic carboxylic acids is 1. The van der Waals surface area contributed by atoms with E-state index in [1.165, 1.54) is 0 Å². The van der Waals surface area contributed by atoms with E-state index in [-0.39, 0.29) is 18.4 Å². The zero-order chi connectivity index (χ0) is 14.7. The van der Waals surface area contributed by atoms with E-state index in [2.05, 4.69) is 13.8 Å². The average molecular weight is 282 g/mol. The number of hydrogen-bond acceptors (Lipinski definition) is 2. The van der Waals surface area contributed by atoms with E-state index < -0.39 is 5.97 Å². The Bertz CT molecular complexity index is 370. The highest BCUT2D eigenvalue weighted by Crippen LogP contribution is 2.27. The van der Waals surface area contributed by atoms with Gasteiger partial charge in [-0.15, -0.1) is 0 Å². The van der Waals surface area contributed by atoms with Gasteiger partial charge in [0.05, 0.1) is 0 Å². The minimum atomic E-state index is -0.759. The lowest BCUT2D eigenvalue weighted by molar-refractivity contribution is -0.138. The van der Waals surface area contributed by atoms with E-state index in [0.29, 0.717) is 18.5 Å². The largest absolute Gasteiger partial charge is 0.481 e. The SMILES string of the molecule is CC(C)C1CCCN1C(=O)N1CCCC(CC(=O)O)C1. The van der Waals surface area contributed by atoms with Crippen molar-refractivity contribution in [3.8, 4) is 0 Å². The molecule has 114 valence electrons. The van der Waals surface area contributed by atoms with Gasteiger partial charge in [-0.05, 0) is 37.5 Å². The van der Waals surface area contributed by atoms with Crippen molar-refractivity contribution in [3.63, 3.8) is 0 Å². The Labute approximate surface area is 120 Å². The minimum Gasteiger partial charge on any atom is -0.481 e. The quantitative estimate of drug-likeness (QED) is 0.864. The van der Waals surface area contributed by atoms with Gasteiger partial charge >= 0.3 is 12.0 Å². The zero-order valence-corrected chi connectivity index (χ0v) is 12.5. The van der Waals surface area contributed by atoms with Gasteiger partial charge in [-0.2, -0.15) is 0 Å². The van der Waals surface area contributed by atoms with Gasteiger partial charge in [0.15, 0.2) is 0 Å². The molecule has 0 saturated carbocycles. The van der Waals surface area contributed by atoms with Crippen molar-refractivity contribution in [2.45, 2.75) is 52.0 Å². The normalized spacial score (nSPS) is 27.1. The smallest absolute Gasteiger partial charge is 0.320 e. The summed E-state index contributed by atoms with van der Waals surface area (Å²) in [6, 6.07) is 0.471. The first-order valence-corrected chi connectivity index (χ1v) is 7.76. The molecule has 0 aromatic rings. The molecule has 5 heteroatoms. The number of hydrogen-bond donors (Lipinski definition) is 1. The molecular formula is C15H26N2O3. The van der Waals surface area contributed by atoms with Crippen LogP contribution in [0.25, 0.3) is 0 Å². The number of carbonyl (C=O) groups is 2. The van der Waals surface area contributed by atoms with Gasteiger partial charge in [0, 0.05) is 32.1 Å². The monoisotopic (exact) mass is 282 g/mol. The summed E-state index contributed by atoms with van der Waals surface area (Å²) in [6.07, 6.45) is 4.20. The second-order valence-electron chi connectivity index (χ2n) is 6.48. The molecule has 1 N–H and O–H groups in total. The zero-order valence-electron chi connectivity index (χ0n) is 12.5. The van der Waals surface area contributed by atoms with E-state index in [9.17, 15) is 9.59 Å². The third kappa shape index (κ3) is 3.44. The van der Waals surface area contributed by atoms with Crippen LogP contribution in [-0.4, -0.2) is 52.6 Å². The van der Waals surface area contributed by atoms with Crippen LogP contribution in [0.3, 0.4) is 0 Å². The molecule has 2 amide bonds. The van der Waals surface area contributed by atoms with Crippen molar-refractivity contribution in [1.29, 1.82) is 0 Å². The first-order valence-electron chi connectivity index (χ1n) is 7.76. The van der Waals surface area contributed by atoms with Crippen LogP contribution in [-0.2, 0) is 4.79 Å². The minimum absolute atomic E-state index is 0.116. The lowest BCUT2D eigenvalue weighted by Crippen LogP contribution is -2.50. The Morgan fingerprint density at radius 1 is 1.20 bits per heavy atom. The van der Waals surface area contributed by atoms with Crippen LogP contribution in [0, 0.1) is 11.8 Å². The predicted octanol–water partition coefficient (Wildman–Crippen LogP) is 2.41. The van der Waals surface area contributed by atoms with Crippen LogP contribution in [0.4, 0.5) is 4.79 Å². The summed E-state index contributed by atoms with van der Waals surface area (Å²) in [5.74, 6) is -0.156. The second-order valence-corrected chi connectivity index (χ2v) is 6.48. The molecule has 2 aliphatic rings. The van der Waals surface area contributed by atoms with Crippen molar-refractivity contribution in [3.05, 3.63) is 0 Å². The molecule has 2 saturated heterocycles. The van der Waals surface area contributed by atoms with E-state index in [1.807, 2.05) is 9.80 Å². The molecule has 2 aliphatic heterocycles. The Balaban J connectivity index is 1.96. The fourth-order valence-electron chi connectivity index (χ4n) is 3.56. The fraction of sp³-hybridized carbons (Fsp3) is 0.867. The molecule has 0 aliphatic carbocycles. The highest BCUT2D eigenvalue weighted by molar-refractivity contribution is 5.75. The summed E-state index contributed by atoms with van der Waals surface area (Å²) in [4.78, 5) is 27.4. The molecule has 0 spiro atoms. The van der Waals surface area contributed by atoms with Crippen molar-refractivity contribution in [1.82, 2.24) is 9.80 Å². The molecule has 2 heterocycles. The van der Waals surface area contributed by atoms with Crippen LogP contribution in [0.2, 0.25) is 0 Å². The first kappa shape index (κ1) is 15.1. The number of rotatable bonds is 3. The van der Waals surface area contributed by atoms with Crippen molar-refractivity contribution in [2.75, 3.05) is 19.6 Å².